The predicted molar refractivity (Wildman–Crippen MR) is 94.1 cm³/mol. The Labute approximate surface area is 147 Å². The Bertz CT molecular complexity index is 740. The maximum Gasteiger partial charge on any atom is 0.513 e. The molecule has 0 spiro atoms. The molecule has 0 saturated heterocycles. The quantitative estimate of drug-likeness (QED) is 0.547. The Morgan fingerprint density at radius 3 is 2.50 bits per heavy atom. The van der Waals surface area contributed by atoms with E-state index in [1.54, 1.807) is 18.2 Å². The van der Waals surface area contributed by atoms with Crippen LogP contribution in [0, 0.1) is 13.8 Å². The van der Waals surface area contributed by atoms with E-state index in [9.17, 15) is 4.79 Å². The third-order valence-corrected chi connectivity index (χ3v) is 4.22. The van der Waals surface area contributed by atoms with Crippen LogP contribution in [-0.4, -0.2) is 13.3 Å². The number of aryl methyl sites for hydroxylation is 3. The smallest absolute Gasteiger partial charge is 0.488 e. The lowest BCUT2D eigenvalue weighted by Crippen LogP contribution is -2.10. The van der Waals surface area contributed by atoms with Crippen LogP contribution in [0.2, 0.25) is 5.02 Å². The van der Waals surface area contributed by atoms with E-state index in [0.29, 0.717) is 16.3 Å². The third-order valence-electron chi connectivity index (χ3n) is 3.87. The number of rotatable bonds is 5. The molecular formula is C19H21ClO4. The molecule has 0 heterocycles. The summed E-state index contributed by atoms with van der Waals surface area (Å²) in [6.45, 7) is 6.40. The Balaban J connectivity index is 2.26. The lowest BCUT2D eigenvalue weighted by Gasteiger charge is -2.15. The van der Waals surface area contributed by atoms with Crippen LogP contribution in [0.15, 0.2) is 30.3 Å². The van der Waals surface area contributed by atoms with Crippen LogP contribution in [-0.2, 0) is 17.8 Å². The van der Waals surface area contributed by atoms with Crippen LogP contribution in [0.1, 0.15) is 29.2 Å². The SMILES string of the molecule is CCc1cc(C)c(C)cc1OCc1c(Cl)cccc1OC(=O)OC. The van der Waals surface area contributed by atoms with E-state index in [2.05, 4.69) is 24.7 Å². The van der Waals surface area contributed by atoms with E-state index < -0.39 is 6.16 Å². The zero-order valence-corrected chi connectivity index (χ0v) is 15.1. The van der Waals surface area contributed by atoms with Gasteiger partial charge in [-0.3, -0.25) is 0 Å². The topological polar surface area (TPSA) is 44.8 Å². The van der Waals surface area contributed by atoms with Crippen molar-refractivity contribution in [3.05, 3.63) is 57.6 Å². The second-order valence-electron chi connectivity index (χ2n) is 5.46. The highest BCUT2D eigenvalue weighted by Gasteiger charge is 2.14. The van der Waals surface area contributed by atoms with Crippen molar-refractivity contribution in [1.29, 1.82) is 0 Å². The molecule has 2 rings (SSSR count). The van der Waals surface area contributed by atoms with Crippen LogP contribution in [0.25, 0.3) is 0 Å². The Morgan fingerprint density at radius 2 is 1.83 bits per heavy atom. The fourth-order valence-electron chi connectivity index (χ4n) is 2.32. The highest BCUT2D eigenvalue weighted by atomic mass is 35.5. The summed E-state index contributed by atoms with van der Waals surface area (Å²) in [7, 11) is 1.26. The minimum absolute atomic E-state index is 0.196. The van der Waals surface area contributed by atoms with E-state index >= 15 is 0 Å². The Kier molecular flexibility index (Phi) is 6.10. The summed E-state index contributed by atoms with van der Waals surface area (Å²) in [4.78, 5) is 11.4. The van der Waals surface area contributed by atoms with Gasteiger partial charge in [0.25, 0.3) is 0 Å². The standard InChI is InChI=1S/C19H21ClO4/c1-5-14-9-12(2)13(3)10-18(14)23-11-15-16(20)7-6-8-17(15)24-19(21)22-4/h6-10H,5,11H2,1-4H3. The predicted octanol–water partition coefficient (Wildman–Crippen LogP) is 5.24. The van der Waals surface area contributed by atoms with Crippen molar-refractivity contribution in [3.63, 3.8) is 0 Å². The van der Waals surface area contributed by atoms with E-state index in [1.807, 2.05) is 13.0 Å². The number of hydrogen-bond acceptors (Lipinski definition) is 4. The third kappa shape index (κ3) is 4.20. The number of hydrogen-bond donors (Lipinski definition) is 0. The summed E-state index contributed by atoms with van der Waals surface area (Å²) in [5.74, 6) is 1.14. The zero-order valence-electron chi connectivity index (χ0n) is 14.3. The molecule has 2 aromatic carbocycles. The summed E-state index contributed by atoms with van der Waals surface area (Å²) in [5.41, 5.74) is 4.12. The van der Waals surface area contributed by atoms with Crippen molar-refractivity contribution < 1.29 is 19.0 Å². The molecule has 0 aliphatic rings. The fourth-order valence-corrected chi connectivity index (χ4v) is 2.54. The van der Waals surface area contributed by atoms with Crippen molar-refractivity contribution in [2.24, 2.45) is 0 Å². The highest BCUT2D eigenvalue weighted by Crippen LogP contribution is 2.30. The summed E-state index contributed by atoms with van der Waals surface area (Å²) in [5, 5.41) is 0.471. The van der Waals surface area contributed by atoms with Crippen LogP contribution >= 0.6 is 11.6 Å². The van der Waals surface area contributed by atoms with Gasteiger partial charge in [0.1, 0.15) is 18.1 Å². The van der Waals surface area contributed by atoms with Crippen LogP contribution < -0.4 is 9.47 Å². The summed E-state index contributed by atoms with van der Waals surface area (Å²) < 4.78 is 15.6. The van der Waals surface area contributed by atoms with Gasteiger partial charge in [-0.1, -0.05) is 30.7 Å². The van der Waals surface area contributed by atoms with Gasteiger partial charge in [0, 0.05) is 0 Å². The van der Waals surface area contributed by atoms with Gasteiger partial charge < -0.3 is 14.2 Å². The molecule has 2 aromatic rings. The van der Waals surface area contributed by atoms with Crippen molar-refractivity contribution >= 4 is 17.8 Å². The van der Waals surface area contributed by atoms with E-state index in [0.717, 1.165) is 23.3 Å². The average molecular weight is 349 g/mol. The molecule has 0 bridgehead atoms. The number of ether oxygens (including phenoxy) is 3. The second kappa shape index (κ2) is 8.06. The first-order valence-corrected chi connectivity index (χ1v) is 8.10. The molecule has 4 nitrogen and oxygen atoms in total. The fraction of sp³-hybridized carbons (Fsp3) is 0.316. The monoisotopic (exact) mass is 348 g/mol. The molecule has 0 aliphatic carbocycles. The van der Waals surface area contributed by atoms with Crippen molar-refractivity contribution in [2.75, 3.05) is 7.11 Å². The molecule has 0 atom stereocenters. The van der Waals surface area contributed by atoms with Crippen molar-refractivity contribution in [1.82, 2.24) is 0 Å². The van der Waals surface area contributed by atoms with Gasteiger partial charge in [0.15, 0.2) is 0 Å². The van der Waals surface area contributed by atoms with Crippen molar-refractivity contribution in [3.8, 4) is 11.5 Å². The number of benzene rings is 2. The Hall–Kier alpha value is -2.20. The van der Waals surface area contributed by atoms with Crippen molar-refractivity contribution in [2.45, 2.75) is 33.8 Å². The largest absolute Gasteiger partial charge is 0.513 e. The highest BCUT2D eigenvalue weighted by molar-refractivity contribution is 6.31. The van der Waals surface area contributed by atoms with E-state index in [4.69, 9.17) is 21.1 Å². The minimum atomic E-state index is -0.793. The lowest BCUT2D eigenvalue weighted by atomic mass is 10.0. The first-order chi connectivity index (χ1) is 11.5. The van der Waals surface area contributed by atoms with E-state index in [-0.39, 0.29) is 6.61 Å². The number of carbonyl (C=O) groups excluding carboxylic acids is 1. The first-order valence-electron chi connectivity index (χ1n) is 7.72. The maximum atomic E-state index is 11.4. The maximum absolute atomic E-state index is 11.4. The molecule has 0 N–H and O–H groups in total. The molecule has 0 saturated carbocycles. The normalized spacial score (nSPS) is 10.4. The zero-order chi connectivity index (χ0) is 17.7. The summed E-state index contributed by atoms with van der Waals surface area (Å²) in [6, 6.07) is 9.24. The lowest BCUT2D eigenvalue weighted by molar-refractivity contribution is 0.120. The average Bonchev–Trinajstić information content (AvgIpc) is 2.56. The summed E-state index contributed by atoms with van der Waals surface area (Å²) in [6.07, 6.45) is 0.0729. The molecular weight excluding hydrogens is 328 g/mol. The van der Waals surface area contributed by atoms with Gasteiger partial charge in [-0.15, -0.1) is 0 Å². The van der Waals surface area contributed by atoms with Gasteiger partial charge >= 0.3 is 6.16 Å². The van der Waals surface area contributed by atoms with Crippen LogP contribution in [0.5, 0.6) is 11.5 Å². The molecule has 0 fully saturated rings. The molecule has 0 aliphatic heterocycles. The summed E-state index contributed by atoms with van der Waals surface area (Å²) >= 11 is 6.24. The van der Waals surface area contributed by atoms with Crippen LogP contribution in [0.3, 0.4) is 0 Å². The number of methoxy groups -OCH3 is 1. The van der Waals surface area contributed by atoms with Gasteiger partial charge in [-0.25, -0.2) is 4.79 Å². The number of halogens is 1. The molecule has 0 radical (unpaired) electrons. The van der Waals surface area contributed by atoms with Gasteiger partial charge in [-0.05, 0) is 55.2 Å². The number of carbonyl (C=O) groups is 1. The molecule has 0 aromatic heterocycles. The van der Waals surface area contributed by atoms with Gasteiger partial charge in [-0.2, -0.15) is 0 Å². The van der Waals surface area contributed by atoms with Gasteiger partial charge in [0.2, 0.25) is 0 Å². The van der Waals surface area contributed by atoms with Crippen LogP contribution in [0.4, 0.5) is 4.79 Å². The minimum Gasteiger partial charge on any atom is -0.488 e. The Morgan fingerprint density at radius 1 is 1.12 bits per heavy atom. The molecule has 128 valence electrons. The first kappa shape index (κ1) is 18.1. The van der Waals surface area contributed by atoms with Gasteiger partial charge in [0.05, 0.1) is 17.7 Å². The second-order valence-corrected chi connectivity index (χ2v) is 5.87. The molecule has 0 amide bonds. The molecule has 5 heteroatoms. The molecule has 24 heavy (non-hydrogen) atoms. The van der Waals surface area contributed by atoms with E-state index in [1.165, 1.54) is 12.7 Å². The molecule has 0 unspecified atom stereocenters.